The van der Waals surface area contributed by atoms with Crippen LogP contribution >= 0.6 is 11.6 Å². The molecule has 2 aliphatic carbocycles. The molecule has 176 valence electrons. The minimum Gasteiger partial charge on any atom is -0.349 e. The summed E-state index contributed by atoms with van der Waals surface area (Å²) in [5, 5.41) is 0. The first-order chi connectivity index (χ1) is 15.6. The predicted octanol–water partition coefficient (Wildman–Crippen LogP) is 3.65. The zero-order chi connectivity index (χ0) is 24.5. The third kappa shape index (κ3) is 7.26. The van der Waals surface area contributed by atoms with Gasteiger partial charge in [0.25, 0.3) is 0 Å². The van der Waals surface area contributed by atoms with Gasteiger partial charge in [-0.2, -0.15) is 0 Å². The summed E-state index contributed by atoms with van der Waals surface area (Å²) < 4.78 is 0. The third-order valence-electron chi connectivity index (χ3n) is 5.59. The standard InChI is InChI=1S/C13H15NO2.C9H8O.C4H8ClNO/c1-14(2)12(15)8-10-7-9-5-3-4-6-11(9)13(10)16;10-9-6-5-7-3-1-2-4-8(7)9;1-6(2)4(7)3-5/h3-6,10H,7-8H2,1-2H3;1-4H,5-6H2;3H2,1-2H3. The lowest BCUT2D eigenvalue weighted by Crippen LogP contribution is -2.26. The van der Waals surface area contributed by atoms with E-state index in [4.69, 9.17) is 11.6 Å². The maximum Gasteiger partial charge on any atom is 0.236 e. The van der Waals surface area contributed by atoms with Gasteiger partial charge in [0.2, 0.25) is 11.8 Å². The highest BCUT2D eigenvalue weighted by atomic mass is 35.5. The van der Waals surface area contributed by atoms with Crippen LogP contribution in [0.2, 0.25) is 0 Å². The lowest BCUT2D eigenvalue weighted by molar-refractivity contribution is -0.129. The van der Waals surface area contributed by atoms with Gasteiger partial charge in [0.1, 0.15) is 5.88 Å². The van der Waals surface area contributed by atoms with E-state index in [0.717, 1.165) is 23.1 Å². The van der Waals surface area contributed by atoms with Crippen molar-refractivity contribution in [3.63, 3.8) is 0 Å². The van der Waals surface area contributed by atoms with E-state index in [-0.39, 0.29) is 29.4 Å². The Balaban J connectivity index is 0.000000194. The summed E-state index contributed by atoms with van der Waals surface area (Å²) in [5.41, 5.74) is 4.01. The van der Waals surface area contributed by atoms with Crippen LogP contribution in [0.4, 0.5) is 0 Å². The Labute approximate surface area is 200 Å². The van der Waals surface area contributed by atoms with E-state index < -0.39 is 0 Å². The molecule has 0 fully saturated rings. The van der Waals surface area contributed by atoms with Crippen LogP contribution in [-0.2, 0) is 22.4 Å². The van der Waals surface area contributed by atoms with Gasteiger partial charge in [-0.05, 0) is 24.0 Å². The van der Waals surface area contributed by atoms with Crippen molar-refractivity contribution in [3.8, 4) is 0 Å². The molecule has 2 aromatic carbocycles. The minimum absolute atomic E-state index is 0.0196. The molecule has 7 heteroatoms. The van der Waals surface area contributed by atoms with Crippen LogP contribution < -0.4 is 0 Å². The maximum atomic E-state index is 12.0. The SMILES string of the molecule is CN(C)C(=O)CC1Cc2ccccc2C1=O.CN(C)C(=O)CCl.O=C1CCc2ccccc21. The highest BCUT2D eigenvalue weighted by Gasteiger charge is 2.31. The third-order valence-corrected chi connectivity index (χ3v) is 5.82. The number of carbonyl (C=O) groups excluding carboxylic acids is 4. The van der Waals surface area contributed by atoms with Crippen molar-refractivity contribution in [1.82, 2.24) is 9.80 Å². The van der Waals surface area contributed by atoms with Gasteiger partial charge < -0.3 is 9.80 Å². The number of aryl methyl sites for hydroxylation is 1. The number of hydrogen-bond donors (Lipinski definition) is 0. The summed E-state index contributed by atoms with van der Waals surface area (Å²) >= 11 is 5.16. The van der Waals surface area contributed by atoms with Gasteiger partial charge in [-0.15, -0.1) is 11.6 Å². The lowest BCUT2D eigenvalue weighted by Gasteiger charge is -2.12. The number of carbonyl (C=O) groups is 4. The number of rotatable bonds is 3. The van der Waals surface area contributed by atoms with E-state index >= 15 is 0 Å². The Bertz CT molecular complexity index is 1020. The number of nitrogens with zero attached hydrogens (tertiary/aromatic N) is 2. The quantitative estimate of drug-likeness (QED) is 0.642. The Hall–Kier alpha value is -2.99. The normalized spacial score (nSPS) is 15.4. The van der Waals surface area contributed by atoms with Gasteiger partial charge in [0, 0.05) is 58.1 Å². The number of amides is 2. The molecule has 1 atom stereocenters. The molecule has 6 nitrogen and oxygen atoms in total. The molecule has 0 radical (unpaired) electrons. The number of hydrogen-bond acceptors (Lipinski definition) is 4. The number of ketones is 2. The summed E-state index contributed by atoms with van der Waals surface area (Å²) in [5.74, 6) is 0.300. The molecule has 2 aliphatic rings. The number of alkyl halides is 1. The topological polar surface area (TPSA) is 74.8 Å². The highest BCUT2D eigenvalue weighted by molar-refractivity contribution is 6.27. The molecule has 0 saturated carbocycles. The molecule has 2 amide bonds. The highest BCUT2D eigenvalue weighted by Crippen LogP contribution is 2.28. The van der Waals surface area contributed by atoms with Crippen LogP contribution in [0.25, 0.3) is 0 Å². The van der Waals surface area contributed by atoms with Crippen LogP contribution in [0, 0.1) is 5.92 Å². The van der Waals surface area contributed by atoms with E-state index in [2.05, 4.69) is 0 Å². The van der Waals surface area contributed by atoms with E-state index in [0.29, 0.717) is 25.0 Å². The van der Waals surface area contributed by atoms with E-state index in [1.54, 1.807) is 28.2 Å². The molecule has 0 spiro atoms. The van der Waals surface area contributed by atoms with E-state index in [1.807, 2.05) is 48.5 Å². The molecule has 2 aromatic rings. The fourth-order valence-electron chi connectivity index (χ4n) is 3.59. The molecule has 0 saturated heterocycles. The largest absolute Gasteiger partial charge is 0.349 e. The zero-order valence-corrected chi connectivity index (χ0v) is 20.4. The Kier molecular flexibility index (Phi) is 9.79. The van der Waals surface area contributed by atoms with Crippen molar-refractivity contribution in [3.05, 3.63) is 70.8 Å². The maximum absolute atomic E-state index is 12.0. The lowest BCUT2D eigenvalue weighted by atomic mass is 10.0. The van der Waals surface area contributed by atoms with Gasteiger partial charge in [0.15, 0.2) is 11.6 Å². The second-order valence-electron chi connectivity index (χ2n) is 8.42. The number of Topliss-reactive ketones (excluding diaryl/α,β-unsaturated/α-hetero) is 2. The van der Waals surface area contributed by atoms with Gasteiger partial charge in [-0.3, -0.25) is 19.2 Å². The van der Waals surface area contributed by atoms with Crippen molar-refractivity contribution in [2.75, 3.05) is 34.1 Å². The molecular formula is C26H31ClN2O4. The molecule has 0 N–H and O–H groups in total. The Morgan fingerprint density at radius 2 is 1.36 bits per heavy atom. The predicted molar refractivity (Wildman–Crippen MR) is 130 cm³/mol. The minimum atomic E-state index is -0.160. The van der Waals surface area contributed by atoms with Crippen molar-refractivity contribution in [1.29, 1.82) is 0 Å². The first-order valence-electron chi connectivity index (χ1n) is 10.8. The Morgan fingerprint density at radius 1 is 0.818 bits per heavy atom. The zero-order valence-electron chi connectivity index (χ0n) is 19.6. The molecule has 0 aliphatic heterocycles. The average molecular weight is 471 g/mol. The number of fused-ring (bicyclic) bond motifs is 2. The van der Waals surface area contributed by atoms with Gasteiger partial charge in [0.05, 0.1) is 0 Å². The monoisotopic (exact) mass is 470 g/mol. The summed E-state index contributed by atoms with van der Waals surface area (Å²) in [6.45, 7) is 0. The van der Waals surface area contributed by atoms with Gasteiger partial charge in [-0.25, -0.2) is 0 Å². The van der Waals surface area contributed by atoms with Crippen molar-refractivity contribution in [2.45, 2.75) is 25.7 Å². The second-order valence-corrected chi connectivity index (χ2v) is 8.68. The first-order valence-corrected chi connectivity index (χ1v) is 11.4. The molecule has 0 bridgehead atoms. The summed E-state index contributed by atoms with van der Waals surface area (Å²) in [4.78, 5) is 47.9. The summed E-state index contributed by atoms with van der Waals surface area (Å²) in [6.07, 6.45) is 2.67. The second kappa shape index (κ2) is 12.3. The first kappa shape index (κ1) is 26.3. The smallest absolute Gasteiger partial charge is 0.236 e. The van der Waals surface area contributed by atoms with Crippen LogP contribution in [0.3, 0.4) is 0 Å². The molecule has 0 heterocycles. The summed E-state index contributed by atoms with van der Waals surface area (Å²) in [7, 11) is 6.78. The van der Waals surface area contributed by atoms with E-state index in [1.165, 1.54) is 15.4 Å². The fourth-order valence-corrected chi connectivity index (χ4v) is 3.83. The van der Waals surface area contributed by atoms with Gasteiger partial charge in [-0.1, -0.05) is 48.5 Å². The molecule has 4 rings (SSSR count). The average Bonchev–Trinajstić information content (AvgIpc) is 3.34. The van der Waals surface area contributed by atoms with E-state index in [9.17, 15) is 19.2 Å². The Morgan fingerprint density at radius 3 is 1.85 bits per heavy atom. The molecule has 0 aromatic heterocycles. The van der Waals surface area contributed by atoms with Crippen LogP contribution in [-0.4, -0.2) is 67.3 Å². The van der Waals surface area contributed by atoms with Crippen LogP contribution in [0.15, 0.2) is 48.5 Å². The van der Waals surface area contributed by atoms with Crippen molar-refractivity contribution >= 4 is 35.0 Å². The van der Waals surface area contributed by atoms with Crippen LogP contribution in [0.1, 0.15) is 44.7 Å². The number of benzene rings is 2. The van der Waals surface area contributed by atoms with Crippen LogP contribution in [0.5, 0.6) is 0 Å². The van der Waals surface area contributed by atoms with Crippen molar-refractivity contribution < 1.29 is 19.2 Å². The number of halogens is 1. The summed E-state index contributed by atoms with van der Waals surface area (Å²) in [6, 6.07) is 15.4. The molecule has 1 unspecified atom stereocenters. The van der Waals surface area contributed by atoms with Gasteiger partial charge >= 0.3 is 0 Å². The fraction of sp³-hybridized carbons (Fsp3) is 0.385. The molecular weight excluding hydrogens is 440 g/mol. The molecule has 33 heavy (non-hydrogen) atoms. The van der Waals surface area contributed by atoms with Crippen molar-refractivity contribution in [2.24, 2.45) is 5.92 Å².